The van der Waals surface area contributed by atoms with Gasteiger partial charge in [0.2, 0.25) is 0 Å². The van der Waals surface area contributed by atoms with Crippen molar-refractivity contribution < 1.29 is 0 Å². The third-order valence-electron chi connectivity index (χ3n) is 1.79. The minimum atomic E-state index is 0.656. The normalized spacial score (nSPS) is 10.6. The van der Waals surface area contributed by atoms with Gasteiger partial charge in [0.05, 0.1) is 9.35 Å². The zero-order valence-electron chi connectivity index (χ0n) is 6.99. The quantitative estimate of drug-likeness (QED) is 0.854. The minimum Gasteiger partial charge on any atom is -0.383 e. The lowest BCUT2D eigenvalue weighted by molar-refractivity contribution is 0.782. The summed E-state index contributed by atoms with van der Waals surface area (Å²) < 4.78 is 2.54. The molecule has 2 rings (SSSR count). The van der Waals surface area contributed by atoms with Crippen LogP contribution in [0.25, 0.3) is 10.6 Å². The molecule has 0 radical (unpaired) electrons. The van der Waals surface area contributed by atoms with Crippen molar-refractivity contribution in [1.82, 2.24) is 9.78 Å². The molecule has 0 aromatic carbocycles. The molecule has 2 N–H and O–H groups in total. The van der Waals surface area contributed by atoms with E-state index in [0.29, 0.717) is 5.82 Å². The molecule has 2 aromatic rings. The van der Waals surface area contributed by atoms with Crippen LogP contribution < -0.4 is 5.73 Å². The smallest absolute Gasteiger partial charge is 0.136 e. The highest BCUT2D eigenvalue weighted by molar-refractivity contribution is 9.10. The van der Waals surface area contributed by atoms with Gasteiger partial charge in [-0.25, -0.2) is 0 Å². The minimum absolute atomic E-state index is 0.656. The maximum absolute atomic E-state index is 5.77. The number of halogens is 1. The Morgan fingerprint density at radius 1 is 1.62 bits per heavy atom. The summed E-state index contributed by atoms with van der Waals surface area (Å²) in [7, 11) is 1.83. The molecule has 0 saturated carbocycles. The van der Waals surface area contributed by atoms with Gasteiger partial charge in [0.1, 0.15) is 11.5 Å². The molecule has 0 bridgehead atoms. The standard InChI is InChI=1S/C8H8BrN3S/c1-12-8(10)6(9)7(11-12)5-3-2-4-13-5/h2-4H,10H2,1H3. The molecule has 5 heteroatoms. The van der Waals surface area contributed by atoms with Crippen LogP contribution in [0.4, 0.5) is 5.82 Å². The first-order chi connectivity index (χ1) is 6.20. The van der Waals surface area contributed by atoms with Gasteiger partial charge in [0.25, 0.3) is 0 Å². The Labute approximate surface area is 88.3 Å². The Morgan fingerprint density at radius 2 is 2.38 bits per heavy atom. The molecular formula is C8H8BrN3S. The maximum Gasteiger partial charge on any atom is 0.136 e. The van der Waals surface area contributed by atoms with Gasteiger partial charge in [0, 0.05) is 7.05 Å². The van der Waals surface area contributed by atoms with Gasteiger partial charge >= 0.3 is 0 Å². The molecule has 0 aliphatic heterocycles. The monoisotopic (exact) mass is 257 g/mol. The van der Waals surface area contributed by atoms with Crippen molar-refractivity contribution in [3.05, 3.63) is 22.0 Å². The number of anilines is 1. The van der Waals surface area contributed by atoms with Crippen LogP contribution in [0.15, 0.2) is 22.0 Å². The molecule has 0 fully saturated rings. The number of nitrogens with zero attached hydrogens (tertiary/aromatic N) is 2. The van der Waals surface area contributed by atoms with Crippen LogP contribution in [-0.4, -0.2) is 9.78 Å². The fourth-order valence-corrected chi connectivity index (χ4v) is 2.48. The summed E-state index contributed by atoms with van der Waals surface area (Å²) in [6.07, 6.45) is 0. The molecule has 68 valence electrons. The van der Waals surface area contributed by atoms with E-state index in [1.54, 1.807) is 16.0 Å². The lowest BCUT2D eigenvalue weighted by atomic mass is 10.3. The third-order valence-corrected chi connectivity index (χ3v) is 3.44. The summed E-state index contributed by atoms with van der Waals surface area (Å²) in [5.74, 6) is 0.656. The van der Waals surface area contributed by atoms with E-state index < -0.39 is 0 Å². The summed E-state index contributed by atoms with van der Waals surface area (Å²) in [6.45, 7) is 0. The number of aryl methyl sites for hydroxylation is 1. The zero-order chi connectivity index (χ0) is 9.42. The van der Waals surface area contributed by atoms with Crippen molar-refractivity contribution in [1.29, 1.82) is 0 Å². The molecule has 2 heterocycles. The van der Waals surface area contributed by atoms with E-state index >= 15 is 0 Å². The number of thiophene rings is 1. The number of rotatable bonds is 1. The first-order valence-electron chi connectivity index (χ1n) is 3.72. The molecule has 0 aliphatic carbocycles. The third kappa shape index (κ3) is 1.38. The Morgan fingerprint density at radius 3 is 2.85 bits per heavy atom. The highest BCUT2D eigenvalue weighted by Crippen LogP contribution is 2.33. The zero-order valence-corrected chi connectivity index (χ0v) is 9.39. The van der Waals surface area contributed by atoms with Crippen molar-refractivity contribution in [2.24, 2.45) is 7.05 Å². The summed E-state index contributed by atoms with van der Waals surface area (Å²) in [6, 6.07) is 4.02. The lowest BCUT2D eigenvalue weighted by Gasteiger charge is -1.90. The second kappa shape index (κ2) is 3.16. The van der Waals surface area contributed by atoms with Crippen molar-refractivity contribution >= 4 is 33.1 Å². The summed E-state index contributed by atoms with van der Waals surface area (Å²) >= 11 is 5.07. The predicted octanol–water partition coefficient (Wildman–Crippen LogP) is 2.49. The van der Waals surface area contributed by atoms with Crippen LogP contribution in [0.5, 0.6) is 0 Å². The van der Waals surface area contributed by atoms with E-state index in [9.17, 15) is 0 Å². The molecular weight excluding hydrogens is 250 g/mol. The molecule has 3 nitrogen and oxygen atoms in total. The molecule has 0 atom stereocenters. The largest absolute Gasteiger partial charge is 0.383 e. The van der Waals surface area contributed by atoms with E-state index in [1.165, 1.54) is 0 Å². The van der Waals surface area contributed by atoms with E-state index in [0.717, 1.165) is 15.0 Å². The molecule has 2 aromatic heterocycles. The number of hydrogen-bond acceptors (Lipinski definition) is 3. The summed E-state index contributed by atoms with van der Waals surface area (Å²) in [4.78, 5) is 1.12. The second-order valence-corrected chi connectivity index (χ2v) is 4.39. The summed E-state index contributed by atoms with van der Waals surface area (Å²) in [5, 5.41) is 6.33. The van der Waals surface area contributed by atoms with Crippen molar-refractivity contribution in [2.45, 2.75) is 0 Å². The van der Waals surface area contributed by atoms with Crippen molar-refractivity contribution in [3.8, 4) is 10.6 Å². The van der Waals surface area contributed by atoms with Crippen LogP contribution in [0.3, 0.4) is 0 Å². The average Bonchev–Trinajstić information content (AvgIpc) is 2.70. The number of aromatic nitrogens is 2. The number of hydrogen-bond donors (Lipinski definition) is 1. The Bertz CT molecular complexity index is 419. The highest BCUT2D eigenvalue weighted by Gasteiger charge is 2.12. The highest BCUT2D eigenvalue weighted by atomic mass is 79.9. The SMILES string of the molecule is Cn1nc(-c2cccs2)c(Br)c1N. The van der Waals surface area contributed by atoms with Crippen LogP contribution in [0, 0.1) is 0 Å². The Kier molecular flexibility index (Phi) is 2.13. The fourth-order valence-electron chi connectivity index (χ4n) is 1.08. The number of nitrogen functional groups attached to an aromatic ring is 1. The number of nitrogens with two attached hydrogens (primary N) is 1. The van der Waals surface area contributed by atoms with Crippen LogP contribution >= 0.6 is 27.3 Å². The molecule has 0 amide bonds. The first-order valence-corrected chi connectivity index (χ1v) is 5.39. The first kappa shape index (κ1) is 8.77. The predicted molar refractivity (Wildman–Crippen MR) is 58.6 cm³/mol. The second-order valence-electron chi connectivity index (χ2n) is 2.65. The average molecular weight is 258 g/mol. The van der Waals surface area contributed by atoms with E-state index in [1.807, 2.05) is 24.6 Å². The van der Waals surface area contributed by atoms with Gasteiger partial charge in [0.15, 0.2) is 0 Å². The van der Waals surface area contributed by atoms with Crippen LogP contribution in [0.2, 0.25) is 0 Å². The lowest BCUT2D eigenvalue weighted by Crippen LogP contribution is -1.96. The van der Waals surface area contributed by atoms with Crippen LogP contribution in [-0.2, 0) is 7.05 Å². The van der Waals surface area contributed by atoms with Gasteiger partial charge in [-0.3, -0.25) is 4.68 Å². The van der Waals surface area contributed by atoms with Gasteiger partial charge in [-0.2, -0.15) is 5.10 Å². The van der Waals surface area contributed by atoms with Crippen molar-refractivity contribution in [2.75, 3.05) is 5.73 Å². The van der Waals surface area contributed by atoms with Crippen LogP contribution in [0.1, 0.15) is 0 Å². The van der Waals surface area contributed by atoms with E-state index in [-0.39, 0.29) is 0 Å². The Balaban J connectivity index is 2.59. The topological polar surface area (TPSA) is 43.8 Å². The van der Waals surface area contributed by atoms with E-state index in [2.05, 4.69) is 21.0 Å². The fraction of sp³-hybridized carbons (Fsp3) is 0.125. The van der Waals surface area contributed by atoms with Gasteiger partial charge < -0.3 is 5.73 Å². The molecule has 0 aliphatic rings. The van der Waals surface area contributed by atoms with Gasteiger partial charge in [-0.05, 0) is 27.4 Å². The summed E-state index contributed by atoms with van der Waals surface area (Å²) in [5.41, 5.74) is 6.68. The molecule has 13 heavy (non-hydrogen) atoms. The maximum atomic E-state index is 5.77. The van der Waals surface area contributed by atoms with E-state index in [4.69, 9.17) is 5.73 Å². The van der Waals surface area contributed by atoms with Gasteiger partial charge in [-0.15, -0.1) is 11.3 Å². The van der Waals surface area contributed by atoms with Crippen molar-refractivity contribution in [3.63, 3.8) is 0 Å². The molecule has 0 unspecified atom stereocenters. The molecule has 0 saturated heterocycles. The van der Waals surface area contributed by atoms with Gasteiger partial charge in [-0.1, -0.05) is 6.07 Å². The Hall–Kier alpha value is -0.810. The molecule has 0 spiro atoms.